The minimum absolute atomic E-state index is 0.0198. The number of hydrogen-bond donors (Lipinski definition) is 2. The Kier molecular flexibility index (Phi) is 4.19. The zero-order chi connectivity index (χ0) is 13.8. The van der Waals surface area contributed by atoms with Gasteiger partial charge in [-0.15, -0.1) is 0 Å². The molecule has 2 N–H and O–H groups in total. The molecule has 0 aliphatic heterocycles. The third kappa shape index (κ3) is 2.93. The van der Waals surface area contributed by atoms with Crippen LogP contribution in [0, 0.1) is 0 Å². The Balaban J connectivity index is 2.98. The predicted molar refractivity (Wildman–Crippen MR) is 63.3 cm³/mol. The second-order valence-corrected chi connectivity index (χ2v) is 3.90. The van der Waals surface area contributed by atoms with Crippen LogP contribution in [0.25, 0.3) is 0 Å². The third-order valence-electron chi connectivity index (χ3n) is 2.61. The zero-order valence-electron chi connectivity index (χ0n) is 10.4. The molecule has 98 valence electrons. The van der Waals surface area contributed by atoms with E-state index in [0.29, 0.717) is 6.42 Å². The molecule has 1 atom stereocenters. The number of carbonyl (C=O) groups is 2. The summed E-state index contributed by atoms with van der Waals surface area (Å²) >= 11 is 0. The van der Waals surface area contributed by atoms with Crippen molar-refractivity contribution >= 4 is 17.8 Å². The maximum Gasteiger partial charge on any atom is 0.358 e. The highest BCUT2D eigenvalue weighted by Gasteiger charge is 2.31. The largest absolute Gasteiger partial charge is 0.480 e. The fourth-order valence-corrected chi connectivity index (χ4v) is 1.20. The number of rotatable bonds is 5. The van der Waals surface area contributed by atoms with E-state index in [1.165, 1.54) is 26.4 Å². The molecule has 0 amide bonds. The van der Waals surface area contributed by atoms with Crippen LogP contribution in [-0.4, -0.2) is 39.7 Å². The fourth-order valence-electron chi connectivity index (χ4n) is 1.20. The Labute approximate surface area is 104 Å². The molecule has 7 nitrogen and oxygen atoms in total. The number of carboxylic acid groups (broad SMARTS) is 1. The van der Waals surface area contributed by atoms with Gasteiger partial charge in [-0.2, -0.15) is 0 Å². The quantitative estimate of drug-likeness (QED) is 0.752. The number of methoxy groups -OCH3 is 1. The summed E-state index contributed by atoms with van der Waals surface area (Å²) in [6.45, 7) is 3.26. The molecule has 0 aromatic carbocycles. The molecule has 1 heterocycles. The van der Waals surface area contributed by atoms with E-state index in [4.69, 9.17) is 5.11 Å². The van der Waals surface area contributed by atoms with Crippen molar-refractivity contribution in [2.75, 3.05) is 12.4 Å². The maximum atomic E-state index is 11.3. The van der Waals surface area contributed by atoms with Gasteiger partial charge in [-0.05, 0) is 13.3 Å². The Morgan fingerprint density at radius 3 is 2.67 bits per heavy atom. The molecule has 0 spiro atoms. The van der Waals surface area contributed by atoms with Gasteiger partial charge in [0.15, 0.2) is 5.69 Å². The molecule has 0 bridgehead atoms. The average Bonchev–Trinajstić information content (AvgIpc) is 2.37. The first-order chi connectivity index (χ1) is 8.42. The number of esters is 1. The number of carbonyl (C=O) groups excluding carboxylic acids is 1. The summed E-state index contributed by atoms with van der Waals surface area (Å²) in [5.41, 5.74) is -1.14. The molecular weight excluding hydrogens is 238 g/mol. The molecule has 18 heavy (non-hydrogen) atoms. The van der Waals surface area contributed by atoms with Gasteiger partial charge in [0.2, 0.25) is 0 Å². The lowest BCUT2D eigenvalue weighted by Crippen LogP contribution is -2.43. The van der Waals surface area contributed by atoms with Crippen molar-refractivity contribution in [3.63, 3.8) is 0 Å². The molecule has 0 aliphatic carbocycles. The van der Waals surface area contributed by atoms with E-state index < -0.39 is 17.5 Å². The van der Waals surface area contributed by atoms with Crippen molar-refractivity contribution in [3.05, 3.63) is 18.1 Å². The molecule has 1 aromatic rings. The first kappa shape index (κ1) is 13.9. The molecule has 1 unspecified atom stereocenters. The topological polar surface area (TPSA) is 101 Å². The highest BCUT2D eigenvalue weighted by atomic mass is 16.5. The number of aliphatic carboxylic acids is 1. The van der Waals surface area contributed by atoms with Gasteiger partial charge < -0.3 is 15.2 Å². The van der Waals surface area contributed by atoms with Crippen LogP contribution in [0.15, 0.2) is 12.4 Å². The van der Waals surface area contributed by atoms with Gasteiger partial charge >= 0.3 is 11.9 Å². The zero-order valence-corrected chi connectivity index (χ0v) is 10.4. The fraction of sp³-hybridized carbons (Fsp3) is 0.455. The number of nitrogens with zero attached hydrogens (tertiary/aromatic N) is 2. The monoisotopic (exact) mass is 253 g/mol. The van der Waals surface area contributed by atoms with Crippen LogP contribution < -0.4 is 5.32 Å². The molecule has 0 saturated heterocycles. The van der Waals surface area contributed by atoms with Crippen LogP contribution >= 0.6 is 0 Å². The van der Waals surface area contributed by atoms with Gasteiger partial charge in [0, 0.05) is 0 Å². The van der Waals surface area contributed by atoms with Crippen LogP contribution in [0.5, 0.6) is 0 Å². The summed E-state index contributed by atoms with van der Waals surface area (Å²) in [7, 11) is 1.23. The summed E-state index contributed by atoms with van der Waals surface area (Å²) in [5.74, 6) is -1.42. The van der Waals surface area contributed by atoms with Crippen molar-refractivity contribution in [2.45, 2.75) is 25.8 Å². The third-order valence-corrected chi connectivity index (χ3v) is 2.61. The van der Waals surface area contributed by atoms with Crippen molar-refractivity contribution in [3.8, 4) is 0 Å². The van der Waals surface area contributed by atoms with Crippen LogP contribution in [0.3, 0.4) is 0 Å². The van der Waals surface area contributed by atoms with Crippen LogP contribution in [0.4, 0.5) is 5.82 Å². The van der Waals surface area contributed by atoms with Gasteiger partial charge in [0.05, 0.1) is 19.5 Å². The number of hydrogen-bond acceptors (Lipinski definition) is 6. The molecule has 1 aromatic heterocycles. The Morgan fingerprint density at radius 2 is 2.17 bits per heavy atom. The van der Waals surface area contributed by atoms with E-state index in [-0.39, 0.29) is 11.5 Å². The number of ether oxygens (including phenoxy) is 1. The molecular formula is C11H15N3O4. The summed E-state index contributed by atoms with van der Waals surface area (Å²) in [5, 5.41) is 11.9. The Bertz CT molecular complexity index is 463. The van der Waals surface area contributed by atoms with Crippen molar-refractivity contribution < 1.29 is 19.4 Å². The summed E-state index contributed by atoms with van der Waals surface area (Å²) in [6, 6.07) is 0. The Morgan fingerprint density at radius 1 is 1.50 bits per heavy atom. The van der Waals surface area contributed by atoms with E-state index >= 15 is 0 Å². The van der Waals surface area contributed by atoms with E-state index in [2.05, 4.69) is 20.0 Å². The predicted octanol–water partition coefficient (Wildman–Crippen LogP) is 0.928. The number of anilines is 1. The van der Waals surface area contributed by atoms with E-state index in [1.807, 2.05) is 0 Å². The second kappa shape index (κ2) is 5.44. The normalized spacial score (nSPS) is 13.5. The summed E-state index contributed by atoms with van der Waals surface area (Å²) in [6.07, 6.45) is 2.96. The highest BCUT2D eigenvalue weighted by molar-refractivity contribution is 5.87. The van der Waals surface area contributed by atoms with E-state index in [1.54, 1.807) is 6.92 Å². The lowest BCUT2D eigenvalue weighted by atomic mass is 9.99. The summed E-state index contributed by atoms with van der Waals surface area (Å²) in [4.78, 5) is 30.2. The van der Waals surface area contributed by atoms with Crippen LogP contribution in [-0.2, 0) is 9.53 Å². The van der Waals surface area contributed by atoms with Crippen molar-refractivity contribution in [1.29, 1.82) is 0 Å². The van der Waals surface area contributed by atoms with Gasteiger partial charge in [0.1, 0.15) is 11.4 Å². The first-order valence-electron chi connectivity index (χ1n) is 5.35. The molecule has 0 saturated carbocycles. The van der Waals surface area contributed by atoms with Gasteiger partial charge in [0.25, 0.3) is 0 Å². The highest BCUT2D eigenvalue weighted by Crippen LogP contribution is 2.16. The molecule has 0 fully saturated rings. The Hall–Kier alpha value is -2.18. The van der Waals surface area contributed by atoms with E-state index in [0.717, 1.165) is 0 Å². The maximum absolute atomic E-state index is 11.3. The van der Waals surface area contributed by atoms with Crippen LogP contribution in [0.2, 0.25) is 0 Å². The van der Waals surface area contributed by atoms with Gasteiger partial charge in [-0.3, -0.25) is 4.98 Å². The van der Waals surface area contributed by atoms with Crippen molar-refractivity contribution in [1.82, 2.24) is 9.97 Å². The average molecular weight is 253 g/mol. The molecule has 7 heteroatoms. The number of aromatic nitrogens is 2. The van der Waals surface area contributed by atoms with E-state index in [9.17, 15) is 9.59 Å². The first-order valence-corrected chi connectivity index (χ1v) is 5.35. The molecule has 0 radical (unpaired) electrons. The smallest absolute Gasteiger partial charge is 0.358 e. The lowest BCUT2D eigenvalue weighted by molar-refractivity contribution is -0.141. The molecule has 1 rings (SSSR count). The lowest BCUT2D eigenvalue weighted by Gasteiger charge is -2.24. The van der Waals surface area contributed by atoms with Gasteiger partial charge in [-0.25, -0.2) is 14.6 Å². The SMILES string of the molecule is CCC(C)(Nc1cncc(C(=O)OC)n1)C(=O)O. The van der Waals surface area contributed by atoms with Gasteiger partial charge in [-0.1, -0.05) is 6.92 Å². The van der Waals surface area contributed by atoms with Crippen LogP contribution in [0.1, 0.15) is 30.8 Å². The standard InChI is InChI=1S/C11H15N3O4/c1-4-11(2,10(16)17)14-8-6-12-5-7(13-8)9(15)18-3/h5-6H,4H2,1-3H3,(H,13,14)(H,16,17). The number of carboxylic acids is 1. The minimum Gasteiger partial charge on any atom is -0.480 e. The van der Waals surface area contributed by atoms with Crippen molar-refractivity contribution in [2.24, 2.45) is 0 Å². The second-order valence-electron chi connectivity index (χ2n) is 3.90. The summed E-state index contributed by atoms with van der Waals surface area (Å²) < 4.78 is 4.51. The minimum atomic E-state index is -1.16. The molecule has 0 aliphatic rings. The number of nitrogens with one attached hydrogen (secondary N) is 1.